The quantitative estimate of drug-likeness (QED) is 0.887. The number of halogens is 1. The number of rotatable bonds is 4. The summed E-state index contributed by atoms with van der Waals surface area (Å²) in [7, 11) is 3.10. The van der Waals surface area contributed by atoms with Crippen LogP contribution in [-0.2, 0) is 4.79 Å². The molecule has 1 aliphatic rings. The van der Waals surface area contributed by atoms with E-state index in [1.165, 1.54) is 7.11 Å². The molecule has 5 nitrogen and oxygen atoms in total. The number of nitrogens with one attached hydrogen (secondary N) is 1. The lowest BCUT2D eigenvalue weighted by Gasteiger charge is -2.19. The summed E-state index contributed by atoms with van der Waals surface area (Å²) in [5.41, 5.74) is 0.779. The first kappa shape index (κ1) is 14.0. The molecule has 104 valence electrons. The van der Waals surface area contributed by atoms with Gasteiger partial charge in [-0.1, -0.05) is 11.6 Å². The maximum Gasteiger partial charge on any atom is 0.307 e. The number of ether oxygens (including phenoxy) is 2. The monoisotopic (exact) mass is 285 g/mol. The maximum atomic E-state index is 11.0. The lowest BCUT2D eigenvalue weighted by molar-refractivity contribution is -0.141. The Balaban J connectivity index is 2.38. The molecule has 2 rings (SSSR count). The van der Waals surface area contributed by atoms with Crippen LogP contribution in [0.25, 0.3) is 0 Å². The Morgan fingerprint density at radius 2 is 2.16 bits per heavy atom. The number of carboxylic acids is 1. The van der Waals surface area contributed by atoms with Crippen molar-refractivity contribution in [1.82, 2.24) is 5.32 Å². The Hall–Kier alpha value is -1.46. The first-order valence-corrected chi connectivity index (χ1v) is 6.32. The standard InChI is InChI=1S/C13H16ClNO4/c1-18-10-4-3-8(14)12(19-2)11(10)9-5-7(6-15-9)13(16)17/h3-4,7,9,15H,5-6H2,1-2H3,(H,16,17). The fourth-order valence-electron chi connectivity index (χ4n) is 2.41. The Kier molecular flexibility index (Phi) is 4.17. The van der Waals surface area contributed by atoms with Crippen LogP contribution in [0.4, 0.5) is 0 Å². The molecule has 0 bridgehead atoms. The molecule has 2 unspecified atom stereocenters. The van der Waals surface area contributed by atoms with E-state index >= 15 is 0 Å². The topological polar surface area (TPSA) is 67.8 Å². The Bertz CT molecular complexity index is 492. The minimum atomic E-state index is -0.796. The molecule has 1 heterocycles. The van der Waals surface area contributed by atoms with Crippen molar-refractivity contribution in [2.75, 3.05) is 20.8 Å². The van der Waals surface area contributed by atoms with Gasteiger partial charge in [0.25, 0.3) is 0 Å². The highest BCUT2D eigenvalue weighted by Crippen LogP contribution is 2.43. The summed E-state index contributed by atoms with van der Waals surface area (Å²) in [6.45, 7) is 0.429. The number of carboxylic acid groups (broad SMARTS) is 1. The van der Waals surface area contributed by atoms with Gasteiger partial charge < -0.3 is 19.9 Å². The number of methoxy groups -OCH3 is 2. The van der Waals surface area contributed by atoms with Crippen LogP contribution in [-0.4, -0.2) is 31.8 Å². The van der Waals surface area contributed by atoms with Gasteiger partial charge in [0, 0.05) is 12.6 Å². The third-order valence-electron chi connectivity index (χ3n) is 3.36. The smallest absolute Gasteiger partial charge is 0.307 e. The molecule has 19 heavy (non-hydrogen) atoms. The number of aliphatic carboxylic acids is 1. The zero-order chi connectivity index (χ0) is 14.0. The zero-order valence-corrected chi connectivity index (χ0v) is 11.5. The molecule has 0 amide bonds. The number of carbonyl (C=O) groups is 1. The van der Waals surface area contributed by atoms with Gasteiger partial charge in [-0.25, -0.2) is 0 Å². The van der Waals surface area contributed by atoms with Crippen molar-refractivity contribution in [2.45, 2.75) is 12.5 Å². The van der Waals surface area contributed by atoms with Crippen molar-refractivity contribution < 1.29 is 19.4 Å². The van der Waals surface area contributed by atoms with Crippen molar-refractivity contribution in [3.63, 3.8) is 0 Å². The van der Waals surface area contributed by atoms with Crippen molar-refractivity contribution in [1.29, 1.82) is 0 Å². The third-order valence-corrected chi connectivity index (χ3v) is 3.66. The minimum absolute atomic E-state index is 0.135. The Morgan fingerprint density at radius 1 is 1.42 bits per heavy atom. The van der Waals surface area contributed by atoms with E-state index in [0.29, 0.717) is 29.5 Å². The summed E-state index contributed by atoms with van der Waals surface area (Å²) in [6, 6.07) is 3.33. The Labute approximate surface area is 116 Å². The molecular formula is C13H16ClNO4. The molecule has 1 aliphatic heterocycles. The van der Waals surface area contributed by atoms with Gasteiger partial charge in [-0.2, -0.15) is 0 Å². The molecule has 6 heteroatoms. The van der Waals surface area contributed by atoms with Gasteiger partial charge in [0.15, 0.2) is 0 Å². The van der Waals surface area contributed by atoms with Gasteiger partial charge in [-0.05, 0) is 18.6 Å². The minimum Gasteiger partial charge on any atom is -0.496 e. The number of hydrogen-bond donors (Lipinski definition) is 2. The third kappa shape index (κ3) is 2.62. The summed E-state index contributed by atoms with van der Waals surface area (Å²) < 4.78 is 10.7. The largest absolute Gasteiger partial charge is 0.496 e. The second-order valence-electron chi connectivity index (χ2n) is 4.43. The fourth-order valence-corrected chi connectivity index (χ4v) is 2.66. The summed E-state index contributed by atoms with van der Waals surface area (Å²) in [4.78, 5) is 11.0. The van der Waals surface area contributed by atoms with Crippen LogP contribution in [0, 0.1) is 5.92 Å². The van der Waals surface area contributed by atoms with Crippen molar-refractivity contribution in [3.8, 4) is 11.5 Å². The van der Waals surface area contributed by atoms with Crippen LogP contribution in [0.1, 0.15) is 18.0 Å². The zero-order valence-electron chi connectivity index (χ0n) is 10.8. The van der Waals surface area contributed by atoms with Crippen LogP contribution in [0.15, 0.2) is 12.1 Å². The lowest BCUT2D eigenvalue weighted by Crippen LogP contribution is -2.18. The molecule has 1 aromatic carbocycles. The molecule has 1 fully saturated rings. The molecule has 0 aliphatic carbocycles. The summed E-state index contributed by atoms with van der Waals surface area (Å²) >= 11 is 6.11. The predicted molar refractivity (Wildman–Crippen MR) is 71.0 cm³/mol. The number of hydrogen-bond acceptors (Lipinski definition) is 4. The second-order valence-corrected chi connectivity index (χ2v) is 4.84. The van der Waals surface area contributed by atoms with E-state index in [-0.39, 0.29) is 6.04 Å². The van der Waals surface area contributed by atoms with Crippen LogP contribution in [0.5, 0.6) is 11.5 Å². The van der Waals surface area contributed by atoms with E-state index in [2.05, 4.69) is 5.32 Å². The highest BCUT2D eigenvalue weighted by Gasteiger charge is 2.34. The van der Waals surface area contributed by atoms with Crippen LogP contribution in [0.3, 0.4) is 0 Å². The molecule has 2 atom stereocenters. The van der Waals surface area contributed by atoms with Gasteiger partial charge in [-0.3, -0.25) is 4.79 Å². The van der Waals surface area contributed by atoms with E-state index in [1.54, 1.807) is 19.2 Å². The van der Waals surface area contributed by atoms with Gasteiger partial charge in [-0.15, -0.1) is 0 Å². The molecule has 0 spiro atoms. The van der Waals surface area contributed by atoms with Gasteiger partial charge in [0.05, 0.1) is 30.7 Å². The van der Waals surface area contributed by atoms with Crippen LogP contribution < -0.4 is 14.8 Å². The highest BCUT2D eigenvalue weighted by atomic mass is 35.5. The summed E-state index contributed by atoms with van der Waals surface area (Å²) in [5, 5.41) is 12.7. The van der Waals surface area contributed by atoms with Crippen molar-refractivity contribution in [3.05, 3.63) is 22.7 Å². The van der Waals surface area contributed by atoms with E-state index < -0.39 is 11.9 Å². The van der Waals surface area contributed by atoms with E-state index in [0.717, 1.165) is 5.56 Å². The van der Waals surface area contributed by atoms with Gasteiger partial charge in [0.2, 0.25) is 0 Å². The molecule has 1 saturated heterocycles. The lowest BCUT2D eigenvalue weighted by atomic mass is 9.98. The highest BCUT2D eigenvalue weighted by molar-refractivity contribution is 6.32. The normalized spacial score (nSPS) is 22.3. The van der Waals surface area contributed by atoms with E-state index in [1.807, 2.05) is 0 Å². The maximum absolute atomic E-state index is 11.0. The van der Waals surface area contributed by atoms with E-state index in [9.17, 15) is 4.79 Å². The predicted octanol–water partition coefficient (Wildman–Crippen LogP) is 2.09. The average Bonchev–Trinajstić information content (AvgIpc) is 2.87. The average molecular weight is 286 g/mol. The van der Waals surface area contributed by atoms with Crippen LogP contribution >= 0.6 is 11.6 Å². The SMILES string of the molecule is COc1ccc(Cl)c(OC)c1C1CC(C(=O)O)CN1. The second kappa shape index (κ2) is 5.67. The van der Waals surface area contributed by atoms with Gasteiger partial charge in [0.1, 0.15) is 11.5 Å². The first-order valence-electron chi connectivity index (χ1n) is 5.95. The Morgan fingerprint density at radius 3 is 2.68 bits per heavy atom. The van der Waals surface area contributed by atoms with E-state index in [4.69, 9.17) is 26.2 Å². The number of benzene rings is 1. The van der Waals surface area contributed by atoms with Crippen molar-refractivity contribution in [2.24, 2.45) is 5.92 Å². The molecule has 0 aromatic heterocycles. The first-order chi connectivity index (χ1) is 9.08. The molecule has 1 aromatic rings. The fraction of sp³-hybridized carbons (Fsp3) is 0.462. The van der Waals surface area contributed by atoms with Gasteiger partial charge >= 0.3 is 5.97 Å². The molecule has 0 saturated carbocycles. The summed E-state index contributed by atoms with van der Waals surface area (Å²) in [6.07, 6.45) is 0.488. The molecular weight excluding hydrogens is 270 g/mol. The van der Waals surface area contributed by atoms with Crippen molar-refractivity contribution >= 4 is 17.6 Å². The molecule has 2 N–H and O–H groups in total. The summed E-state index contributed by atoms with van der Waals surface area (Å²) in [5.74, 6) is -0.0253. The molecule has 0 radical (unpaired) electrons. The van der Waals surface area contributed by atoms with Crippen LogP contribution in [0.2, 0.25) is 5.02 Å².